The zero-order chi connectivity index (χ0) is 15.2. The average molecular weight is 305 g/mol. The van der Waals surface area contributed by atoms with E-state index in [0.717, 1.165) is 25.1 Å². The Morgan fingerprint density at radius 2 is 2.00 bits per heavy atom. The van der Waals surface area contributed by atoms with Crippen LogP contribution in [-0.2, 0) is 4.79 Å². The van der Waals surface area contributed by atoms with Crippen molar-refractivity contribution in [3.63, 3.8) is 0 Å². The minimum absolute atomic E-state index is 0.223. The quantitative estimate of drug-likeness (QED) is 0.692. The molecule has 21 heavy (non-hydrogen) atoms. The van der Waals surface area contributed by atoms with Crippen molar-refractivity contribution in [1.29, 1.82) is 0 Å². The molecule has 0 radical (unpaired) electrons. The molecule has 3 heteroatoms. The van der Waals surface area contributed by atoms with Crippen LogP contribution in [0.25, 0.3) is 0 Å². The molecule has 0 saturated carbocycles. The van der Waals surface area contributed by atoms with E-state index in [1.54, 1.807) is 0 Å². The minimum atomic E-state index is 0.223. The fourth-order valence-electron chi connectivity index (χ4n) is 2.72. The maximum absolute atomic E-state index is 12.4. The number of carbonyl (C=O) groups is 1. The van der Waals surface area contributed by atoms with Gasteiger partial charge in [0.05, 0.1) is 0 Å². The summed E-state index contributed by atoms with van der Waals surface area (Å²) in [5.41, 5.74) is 2.63. The van der Waals surface area contributed by atoms with Gasteiger partial charge in [0.25, 0.3) is 0 Å². The summed E-state index contributed by atoms with van der Waals surface area (Å²) in [5.74, 6) is 1.93. The second-order valence-corrected chi connectivity index (χ2v) is 7.28. The maximum atomic E-state index is 12.4. The van der Waals surface area contributed by atoms with Crippen LogP contribution in [0, 0.1) is 0 Å². The first-order chi connectivity index (χ1) is 10.1. The number of hydrogen-bond donors (Lipinski definition) is 0. The minimum Gasteiger partial charge on any atom is -0.326 e. The van der Waals surface area contributed by atoms with Crippen LogP contribution in [0.15, 0.2) is 24.3 Å². The molecular formula is C18H27NOS. The number of benzene rings is 1. The van der Waals surface area contributed by atoms with Gasteiger partial charge in [-0.3, -0.25) is 4.79 Å². The summed E-state index contributed by atoms with van der Waals surface area (Å²) in [6.45, 7) is 7.49. The predicted molar refractivity (Wildman–Crippen MR) is 91.6 cm³/mol. The van der Waals surface area contributed by atoms with Gasteiger partial charge >= 0.3 is 0 Å². The molecule has 1 amide bonds. The van der Waals surface area contributed by atoms with Crippen LogP contribution >= 0.6 is 11.8 Å². The van der Waals surface area contributed by atoms with Crippen LogP contribution in [0.5, 0.6) is 0 Å². The van der Waals surface area contributed by atoms with E-state index in [9.17, 15) is 4.79 Å². The van der Waals surface area contributed by atoms with Gasteiger partial charge in [0.2, 0.25) is 5.91 Å². The molecule has 1 aliphatic heterocycles. The maximum Gasteiger partial charge on any atom is 0.223 e. The summed E-state index contributed by atoms with van der Waals surface area (Å²) >= 11 is 1.89. The van der Waals surface area contributed by atoms with Crippen molar-refractivity contribution in [3.05, 3.63) is 35.4 Å². The molecule has 2 nitrogen and oxygen atoms in total. The Kier molecular flexibility index (Phi) is 6.16. The van der Waals surface area contributed by atoms with E-state index in [1.165, 1.54) is 17.5 Å². The third-order valence-corrected chi connectivity index (χ3v) is 5.35. The molecule has 2 rings (SSSR count). The lowest BCUT2D eigenvalue weighted by atomic mass is 10.0. The van der Waals surface area contributed by atoms with Gasteiger partial charge in [0, 0.05) is 18.7 Å². The summed E-state index contributed by atoms with van der Waals surface area (Å²) in [6, 6.07) is 8.81. The first-order valence-electron chi connectivity index (χ1n) is 8.14. The Bertz CT molecular complexity index is 455. The normalized spacial score (nSPS) is 18.5. The van der Waals surface area contributed by atoms with Gasteiger partial charge < -0.3 is 4.90 Å². The van der Waals surface area contributed by atoms with E-state index in [-0.39, 0.29) is 5.37 Å². The van der Waals surface area contributed by atoms with E-state index < -0.39 is 0 Å². The second-order valence-electron chi connectivity index (χ2n) is 6.09. The van der Waals surface area contributed by atoms with Crippen molar-refractivity contribution in [2.45, 2.75) is 57.7 Å². The number of unbranched alkanes of at least 4 members (excludes halogenated alkanes) is 2. The Morgan fingerprint density at radius 1 is 1.29 bits per heavy atom. The van der Waals surface area contributed by atoms with Gasteiger partial charge in [-0.2, -0.15) is 0 Å². The van der Waals surface area contributed by atoms with Crippen molar-refractivity contribution >= 4 is 17.7 Å². The highest BCUT2D eigenvalue weighted by Gasteiger charge is 2.29. The fourth-order valence-corrected chi connectivity index (χ4v) is 3.99. The van der Waals surface area contributed by atoms with Crippen molar-refractivity contribution < 1.29 is 4.79 Å². The lowest BCUT2D eigenvalue weighted by Crippen LogP contribution is -2.30. The third-order valence-electron chi connectivity index (χ3n) is 4.09. The smallest absolute Gasteiger partial charge is 0.223 e. The highest BCUT2D eigenvalue weighted by molar-refractivity contribution is 7.99. The van der Waals surface area contributed by atoms with Gasteiger partial charge in [0.1, 0.15) is 5.37 Å². The summed E-state index contributed by atoms with van der Waals surface area (Å²) in [4.78, 5) is 14.5. The molecule has 0 bridgehead atoms. The largest absolute Gasteiger partial charge is 0.326 e. The van der Waals surface area contributed by atoms with Gasteiger partial charge in [-0.25, -0.2) is 0 Å². The van der Waals surface area contributed by atoms with Crippen LogP contribution in [-0.4, -0.2) is 23.1 Å². The molecule has 0 aliphatic carbocycles. The average Bonchev–Trinajstić information content (AvgIpc) is 2.97. The Morgan fingerprint density at radius 3 is 2.62 bits per heavy atom. The van der Waals surface area contributed by atoms with Crippen molar-refractivity contribution in [3.8, 4) is 0 Å². The van der Waals surface area contributed by atoms with Crippen molar-refractivity contribution in [1.82, 2.24) is 4.90 Å². The summed E-state index contributed by atoms with van der Waals surface area (Å²) in [5, 5.41) is 0.223. The number of nitrogens with zero attached hydrogens (tertiary/aromatic N) is 1. The molecular weight excluding hydrogens is 278 g/mol. The van der Waals surface area contributed by atoms with Gasteiger partial charge in [-0.1, -0.05) is 57.9 Å². The summed E-state index contributed by atoms with van der Waals surface area (Å²) in [6.07, 6.45) is 4.05. The first-order valence-corrected chi connectivity index (χ1v) is 9.19. The number of rotatable bonds is 6. The third kappa shape index (κ3) is 4.26. The highest BCUT2D eigenvalue weighted by Crippen LogP contribution is 2.38. The molecule has 0 aromatic heterocycles. The zero-order valence-corrected chi connectivity index (χ0v) is 14.3. The van der Waals surface area contributed by atoms with E-state index in [4.69, 9.17) is 0 Å². The summed E-state index contributed by atoms with van der Waals surface area (Å²) in [7, 11) is 0. The topological polar surface area (TPSA) is 20.3 Å². The van der Waals surface area contributed by atoms with Crippen molar-refractivity contribution in [2.24, 2.45) is 0 Å². The molecule has 0 spiro atoms. The van der Waals surface area contributed by atoms with Crippen molar-refractivity contribution in [2.75, 3.05) is 12.3 Å². The Hall–Kier alpha value is -0.960. The van der Waals surface area contributed by atoms with Gasteiger partial charge in [-0.05, 0) is 23.5 Å². The molecule has 1 aliphatic rings. The molecule has 0 unspecified atom stereocenters. The lowest BCUT2D eigenvalue weighted by molar-refractivity contribution is -0.131. The van der Waals surface area contributed by atoms with E-state index in [0.29, 0.717) is 18.2 Å². The lowest BCUT2D eigenvalue weighted by Gasteiger charge is -2.24. The standard InChI is InChI=1S/C18H27NOS/c1-4-5-6-7-17(20)19-12-13-21-18(19)16-10-8-15(9-11-16)14(2)3/h8-11,14,18H,4-7,12-13H2,1-3H3/t18-/m1/s1. The first kappa shape index (κ1) is 16.4. The SMILES string of the molecule is CCCCCC(=O)N1CCS[C@@H]1c1ccc(C(C)C)cc1. The monoisotopic (exact) mass is 305 g/mol. The van der Waals surface area contributed by atoms with Crippen LogP contribution in [0.3, 0.4) is 0 Å². The number of hydrogen-bond acceptors (Lipinski definition) is 2. The summed E-state index contributed by atoms with van der Waals surface area (Å²) < 4.78 is 0. The molecule has 116 valence electrons. The predicted octanol–water partition coefficient (Wildman–Crippen LogP) is 4.96. The molecule has 1 fully saturated rings. The van der Waals surface area contributed by atoms with E-state index >= 15 is 0 Å². The van der Waals surface area contributed by atoms with Gasteiger partial charge in [-0.15, -0.1) is 11.8 Å². The van der Waals surface area contributed by atoms with Crippen LogP contribution in [0.1, 0.15) is 68.9 Å². The Balaban J connectivity index is 2.02. The molecule has 1 aromatic rings. The fraction of sp³-hybridized carbons (Fsp3) is 0.611. The molecule has 0 N–H and O–H groups in total. The van der Waals surface area contributed by atoms with Gasteiger partial charge in [0.15, 0.2) is 0 Å². The van der Waals surface area contributed by atoms with E-state index in [2.05, 4.69) is 49.9 Å². The highest BCUT2D eigenvalue weighted by atomic mass is 32.2. The second kappa shape index (κ2) is 7.88. The van der Waals surface area contributed by atoms with E-state index in [1.807, 2.05) is 11.8 Å². The van der Waals surface area contributed by atoms with Crippen LogP contribution in [0.2, 0.25) is 0 Å². The molecule has 1 heterocycles. The Labute approximate surface area is 133 Å². The molecule has 1 aromatic carbocycles. The number of amides is 1. The number of thioether (sulfide) groups is 1. The van der Waals surface area contributed by atoms with Crippen LogP contribution in [0.4, 0.5) is 0 Å². The van der Waals surface area contributed by atoms with Crippen LogP contribution < -0.4 is 0 Å². The molecule has 1 saturated heterocycles. The zero-order valence-electron chi connectivity index (χ0n) is 13.5. The number of carbonyl (C=O) groups excluding carboxylic acids is 1. The molecule has 1 atom stereocenters.